The number of ketones is 1. The zero-order chi connectivity index (χ0) is 11.3. The number of alkyl halides is 1. The van der Waals surface area contributed by atoms with Gasteiger partial charge < -0.3 is 4.74 Å². The third kappa shape index (κ3) is 3.73. The van der Waals surface area contributed by atoms with E-state index >= 15 is 0 Å². The molecule has 0 heterocycles. The molecular formula is C11H12Cl2O2. The highest BCUT2D eigenvalue weighted by molar-refractivity contribution is 6.31. The van der Waals surface area contributed by atoms with Crippen molar-refractivity contribution in [2.24, 2.45) is 0 Å². The van der Waals surface area contributed by atoms with Crippen LogP contribution in [-0.2, 0) is 0 Å². The zero-order valence-corrected chi connectivity index (χ0v) is 9.94. The van der Waals surface area contributed by atoms with Crippen molar-refractivity contribution in [1.82, 2.24) is 0 Å². The summed E-state index contributed by atoms with van der Waals surface area (Å²) in [6.45, 7) is 1.99. The summed E-state index contributed by atoms with van der Waals surface area (Å²) in [5.74, 6) is 1.05. The van der Waals surface area contributed by atoms with Gasteiger partial charge in [-0.05, 0) is 31.5 Å². The van der Waals surface area contributed by atoms with E-state index in [0.29, 0.717) is 28.8 Å². The molecule has 4 heteroatoms. The molecule has 15 heavy (non-hydrogen) atoms. The fourth-order valence-corrected chi connectivity index (χ4v) is 1.42. The van der Waals surface area contributed by atoms with Gasteiger partial charge in [0.25, 0.3) is 0 Å². The average molecular weight is 247 g/mol. The molecule has 0 saturated carbocycles. The molecule has 0 aliphatic heterocycles. The maximum atomic E-state index is 11.3. The number of hydrogen-bond acceptors (Lipinski definition) is 2. The minimum atomic E-state index is -0.0571. The fraction of sp³-hybridized carbons (Fsp3) is 0.364. The van der Waals surface area contributed by atoms with Gasteiger partial charge in [0, 0.05) is 10.9 Å². The van der Waals surface area contributed by atoms with Crippen LogP contribution in [0.3, 0.4) is 0 Å². The van der Waals surface area contributed by atoms with Crippen LogP contribution in [0.25, 0.3) is 0 Å². The summed E-state index contributed by atoms with van der Waals surface area (Å²) in [5, 5.41) is 0.532. The first-order valence-corrected chi connectivity index (χ1v) is 5.55. The topological polar surface area (TPSA) is 26.3 Å². The van der Waals surface area contributed by atoms with E-state index in [2.05, 4.69) is 0 Å². The number of benzene rings is 1. The summed E-state index contributed by atoms with van der Waals surface area (Å²) >= 11 is 11.3. The predicted molar refractivity (Wildman–Crippen MR) is 62.3 cm³/mol. The van der Waals surface area contributed by atoms with Crippen molar-refractivity contribution in [3.8, 4) is 5.75 Å². The molecule has 0 saturated heterocycles. The standard InChI is InChI=1S/C11H12Cl2O2/c1-8(14)10-7-9(13)3-4-11(10)15-6-2-5-12/h3-4,7H,2,5-6H2,1H3. The number of carbonyl (C=O) groups is 1. The summed E-state index contributed by atoms with van der Waals surface area (Å²) in [6, 6.07) is 5.01. The first-order valence-electron chi connectivity index (χ1n) is 4.64. The van der Waals surface area contributed by atoms with Crippen molar-refractivity contribution in [2.45, 2.75) is 13.3 Å². The van der Waals surface area contributed by atoms with Crippen molar-refractivity contribution >= 4 is 29.0 Å². The Balaban J connectivity index is 2.81. The van der Waals surface area contributed by atoms with E-state index in [4.69, 9.17) is 27.9 Å². The Hall–Kier alpha value is -0.730. The molecule has 0 bridgehead atoms. The van der Waals surface area contributed by atoms with Crippen LogP contribution in [0.2, 0.25) is 5.02 Å². The lowest BCUT2D eigenvalue weighted by atomic mass is 10.1. The summed E-state index contributed by atoms with van der Waals surface area (Å²) in [7, 11) is 0. The highest BCUT2D eigenvalue weighted by Crippen LogP contribution is 2.23. The first-order chi connectivity index (χ1) is 7.15. The smallest absolute Gasteiger partial charge is 0.163 e. The molecule has 0 fully saturated rings. The van der Waals surface area contributed by atoms with Crippen LogP contribution in [-0.4, -0.2) is 18.3 Å². The minimum absolute atomic E-state index is 0.0571. The third-order valence-electron chi connectivity index (χ3n) is 1.86. The molecule has 2 nitrogen and oxygen atoms in total. The Morgan fingerprint density at radius 2 is 2.20 bits per heavy atom. The molecule has 82 valence electrons. The van der Waals surface area contributed by atoms with Crippen molar-refractivity contribution < 1.29 is 9.53 Å². The van der Waals surface area contributed by atoms with Gasteiger partial charge in [-0.25, -0.2) is 0 Å². The van der Waals surface area contributed by atoms with Crippen LogP contribution in [0.5, 0.6) is 5.75 Å². The Bertz CT molecular complexity index is 350. The summed E-state index contributed by atoms with van der Waals surface area (Å²) < 4.78 is 5.43. The molecule has 0 atom stereocenters. The van der Waals surface area contributed by atoms with Crippen molar-refractivity contribution in [3.05, 3.63) is 28.8 Å². The number of carbonyl (C=O) groups excluding carboxylic acids is 1. The molecule has 0 aliphatic rings. The number of halogens is 2. The molecule has 1 aromatic carbocycles. The molecule has 0 amide bonds. The molecule has 0 radical (unpaired) electrons. The minimum Gasteiger partial charge on any atom is -0.493 e. The molecule has 0 aliphatic carbocycles. The molecule has 0 spiro atoms. The maximum absolute atomic E-state index is 11.3. The number of Topliss-reactive ketones (excluding diaryl/α,β-unsaturated/α-hetero) is 1. The summed E-state index contributed by atoms with van der Waals surface area (Å²) in [5.41, 5.74) is 0.511. The lowest BCUT2D eigenvalue weighted by Crippen LogP contribution is -2.03. The molecule has 0 aromatic heterocycles. The van der Waals surface area contributed by atoms with Gasteiger partial charge in [0.1, 0.15) is 5.75 Å². The number of hydrogen-bond donors (Lipinski definition) is 0. The van der Waals surface area contributed by atoms with E-state index in [1.807, 2.05) is 0 Å². The van der Waals surface area contributed by atoms with Crippen LogP contribution >= 0.6 is 23.2 Å². The van der Waals surface area contributed by atoms with Crippen molar-refractivity contribution in [2.75, 3.05) is 12.5 Å². The van der Waals surface area contributed by atoms with E-state index in [1.54, 1.807) is 18.2 Å². The summed E-state index contributed by atoms with van der Waals surface area (Å²) in [6.07, 6.45) is 0.752. The highest BCUT2D eigenvalue weighted by Gasteiger charge is 2.08. The van der Waals surface area contributed by atoms with Crippen LogP contribution in [0.1, 0.15) is 23.7 Å². The monoisotopic (exact) mass is 246 g/mol. The molecule has 1 aromatic rings. The van der Waals surface area contributed by atoms with Crippen LogP contribution in [0, 0.1) is 0 Å². The first kappa shape index (κ1) is 12.3. The average Bonchev–Trinajstić information content (AvgIpc) is 2.20. The maximum Gasteiger partial charge on any atom is 0.163 e. The number of rotatable bonds is 5. The van der Waals surface area contributed by atoms with Crippen LogP contribution < -0.4 is 4.74 Å². The summed E-state index contributed by atoms with van der Waals surface area (Å²) in [4.78, 5) is 11.3. The lowest BCUT2D eigenvalue weighted by Gasteiger charge is -2.09. The van der Waals surface area contributed by atoms with Gasteiger partial charge in [-0.3, -0.25) is 4.79 Å². The Morgan fingerprint density at radius 3 is 2.80 bits per heavy atom. The van der Waals surface area contributed by atoms with Crippen molar-refractivity contribution in [1.29, 1.82) is 0 Å². The Morgan fingerprint density at radius 1 is 1.47 bits per heavy atom. The number of ether oxygens (including phenoxy) is 1. The Kier molecular flexibility index (Phi) is 4.92. The van der Waals surface area contributed by atoms with Crippen LogP contribution in [0.4, 0.5) is 0 Å². The quantitative estimate of drug-likeness (QED) is 0.452. The van der Waals surface area contributed by atoms with Gasteiger partial charge in [-0.2, -0.15) is 0 Å². The van der Waals surface area contributed by atoms with E-state index in [9.17, 15) is 4.79 Å². The lowest BCUT2D eigenvalue weighted by molar-refractivity contribution is 0.101. The fourth-order valence-electron chi connectivity index (χ4n) is 1.14. The largest absolute Gasteiger partial charge is 0.493 e. The second kappa shape index (κ2) is 5.99. The van der Waals surface area contributed by atoms with E-state index in [0.717, 1.165) is 6.42 Å². The zero-order valence-electron chi connectivity index (χ0n) is 8.43. The van der Waals surface area contributed by atoms with Crippen molar-refractivity contribution in [3.63, 3.8) is 0 Å². The molecular weight excluding hydrogens is 235 g/mol. The van der Waals surface area contributed by atoms with Gasteiger partial charge in [0.15, 0.2) is 5.78 Å². The third-order valence-corrected chi connectivity index (χ3v) is 2.36. The van der Waals surface area contributed by atoms with E-state index in [-0.39, 0.29) is 5.78 Å². The van der Waals surface area contributed by atoms with E-state index in [1.165, 1.54) is 6.92 Å². The second-order valence-electron chi connectivity index (χ2n) is 3.09. The molecule has 0 N–H and O–H groups in total. The normalized spacial score (nSPS) is 10.1. The molecule has 1 rings (SSSR count). The van der Waals surface area contributed by atoms with Gasteiger partial charge in [0.05, 0.1) is 12.2 Å². The van der Waals surface area contributed by atoms with Gasteiger partial charge in [-0.1, -0.05) is 11.6 Å². The SMILES string of the molecule is CC(=O)c1cc(Cl)ccc1OCCCCl. The van der Waals surface area contributed by atoms with E-state index < -0.39 is 0 Å². The van der Waals surface area contributed by atoms with Gasteiger partial charge in [0.2, 0.25) is 0 Å². The van der Waals surface area contributed by atoms with Gasteiger partial charge in [-0.15, -0.1) is 11.6 Å². The predicted octanol–water partition coefficient (Wildman–Crippen LogP) is 3.55. The second-order valence-corrected chi connectivity index (χ2v) is 3.90. The highest BCUT2D eigenvalue weighted by atomic mass is 35.5. The Labute approximate surface area is 99.1 Å². The van der Waals surface area contributed by atoms with Crippen LogP contribution in [0.15, 0.2) is 18.2 Å². The van der Waals surface area contributed by atoms with Gasteiger partial charge >= 0.3 is 0 Å². The molecule has 0 unspecified atom stereocenters.